The summed E-state index contributed by atoms with van der Waals surface area (Å²) in [4.78, 5) is 23.9. The Morgan fingerprint density at radius 1 is 1.38 bits per heavy atom. The summed E-state index contributed by atoms with van der Waals surface area (Å²) in [7, 11) is 0. The predicted octanol–water partition coefficient (Wildman–Crippen LogP) is 0.846. The minimum absolute atomic E-state index is 0.149. The Labute approximate surface area is 123 Å². The second-order valence-corrected chi connectivity index (χ2v) is 5.42. The fourth-order valence-electron chi connectivity index (χ4n) is 2.68. The quantitative estimate of drug-likeness (QED) is 0.810. The lowest BCUT2D eigenvalue weighted by molar-refractivity contribution is -0.143. The van der Waals surface area contributed by atoms with Crippen molar-refractivity contribution in [2.45, 2.75) is 25.9 Å². The number of amides is 1. The number of hydrogen-bond acceptors (Lipinski definition) is 4. The molecule has 0 aliphatic carbocycles. The summed E-state index contributed by atoms with van der Waals surface area (Å²) < 4.78 is 5.19. The number of carboxylic acids is 1. The topological polar surface area (TPSA) is 92.9 Å². The molecule has 1 aromatic rings. The van der Waals surface area contributed by atoms with E-state index in [0.29, 0.717) is 12.3 Å². The molecule has 1 heterocycles. The van der Waals surface area contributed by atoms with Gasteiger partial charge in [0.15, 0.2) is 6.61 Å². The van der Waals surface area contributed by atoms with E-state index in [0.717, 1.165) is 18.5 Å². The van der Waals surface area contributed by atoms with Crippen LogP contribution in [0.3, 0.4) is 0 Å². The standard InChI is InChI=1S/C15H20N2O4/c1-10-6-7-17(14(10)15(19)20)8-11-2-4-12(5-3-11)21-9-13(16)18/h2-5,10,14H,6-9H2,1H3,(H2,16,18)(H,19,20). The molecule has 0 aromatic heterocycles. The summed E-state index contributed by atoms with van der Waals surface area (Å²) in [6.45, 7) is 3.21. The molecule has 21 heavy (non-hydrogen) atoms. The number of carbonyl (C=O) groups is 2. The maximum atomic E-state index is 11.3. The van der Waals surface area contributed by atoms with E-state index < -0.39 is 17.9 Å². The number of likely N-dealkylation sites (tertiary alicyclic amines) is 1. The van der Waals surface area contributed by atoms with Gasteiger partial charge >= 0.3 is 5.97 Å². The molecule has 1 amide bonds. The van der Waals surface area contributed by atoms with E-state index in [2.05, 4.69) is 0 Å². The number of primary amides is 1. The average Bonchev–Trinajstić information content (AvgIpc) is 2.79. The Balaban J connectivity index is 1.97. The molecule has 0 spiro atoms. The van der Waals surface area contributed by atoms with Gasteiger partial charge in [-0.05, 0) is 36.6 Å². The first-order chi connectivity index (χ1) is 9.97. The van der Waals surface area contributed by atoms with Crippen molar-refractivity contribution in [3.63, 3.8) is 0 Å². The van der Waals surface area contributed by atoms with Gasteiger partial charge in [0, 0.05) is 6.54 Å². The van der Waals surface area contributed by atoms with Gasteiger partial charge < -0.3 is 15.6 Å². The first-order valence-electron chi connectivity index (χ1n) is 6.94. The van der Waals surface area contributed by atoms with Gasteiger partial charge in [-0.1, -0.05) is 19.1 Å². The Morgan fingerprint density at radius 2 is 2.05 bits per heavy atom. The number of benzene rings is 1. The molecule has 3 N–H and O–H groups in total. The Hall–Kier alpha value is -2.08. The van der Waals surface area contributed by atoms with Crippen LogP contribution in [0.25, 0.3) is 0 Å². The molecular weight excluding hydrogens is 272 g/mol. The highest BCUT2D eigenvalue weighted by Gasteiger charge is 2.36. The summed E-state index contributed by atoms with van der Waals surface area (Å²) in [5, 5.41) is 9.29. The van der Waals surface area contributed by atoms with Crippen molar-refractivity contribution in [2.24, 2.45) is 11.7 Å². The summed E-state index contributed by atoms with van der Waals surface area (Å²) in [5.41, 5.74) is 6.02. The number of nitrogens with two attached hydrogens (primary N) is 1. The van der Waals surface area contributed by atoms with Gasteiger partial charge in [-0.25, -0.2) is 0 Å². The summed E-state index contributed by atoms with van der Waals surface area (Å²) in [6, 6.07) is 6.84. The molecule has 2 rings (SSSR count). The molecule has 0 bridgehead atoms. The van der Waals surface area contributed by atoms with E-state index in [4.69, 9.17) is 10.5 Å². The number of ether oxygens (including phenoxy) is 1. The van der Waals surface area contributed by atoms with Crippen LogP contribution in [0.1, 0.15) is 18.9 Å². The normalized spacial score (nSPS) is 22.1. The Bertz CT molecular complexity index is 515. The van der Waals surface area contributed by atoms with E-state index in [9.17, 15) is 14.7 Å². The Morgan fingerprint density at radius 3 is 2.62 bits per heavy atom. The fourth-order valence-corrected chi connectivity index (χ4v) is 2.68. The van der Waals surface area contributed by atoms with Crippen molar-refractivity contribution in [1.29, 1.82) is 0 Å². The number of carboxylic acid groups (broad SMARTS) is 1. The molecule has 0 saturated carbocycles. The molecular formula is C15H20N2O4. The smallest absolute Gasteiger partial charge is 0.321 e. The van der Waals surface area contributed by atoms with Crippen molar-refractivity contribution in [2.75, 3.05) is 13.2 Å². The van der Waals surface area contributed by atoms with Crippen molar-refractivity contribution in [1.82, 2.24) is 4.90 Å². The zero-order chi connectivity index (χ0) is 15.4. The second kappa shape index (κ2) is 6.58. The van der Waals surface area contributed by atoms with Crippen molar-refractivity contribution in [3.05, 3.63) is 29.8 Å². The van der Waals surface area contributed by atoms with Crippen LogP contribution in [-0.2, 0) is 16.1 Å². The van der Waals surface area contributed by atoms with E-state index in [1.54, 1.807) is 12.1 Å². The molecule has 6 nitrogen and oxygen atoms in total. The minimum Gasteiger partial charge on any atom is -0.484 e. The third-order valence-electron chi connectivity index (χ3n) is 3.75. The first kappa shape index (κ1) is 15.3. The van der Waals surface area contributed by atoms with Crippen LogP contribution in [0.15, 0.2) is 24.3 Å². The zero-order valence-electron chi connectivity index (χ0n) is 12.0. The third-order valence-corrected chi connectivity index (χ3v) is 3.75. The van der Waals surface area contributed by atoms with E-state index in [-0.39, 0.29) is 12.5 Å². The summed E-state index contributed by atoms with van der Waals surface area (Å²) in [6.07, 6.45) is 0.900. The molecule has 1 aliphatic heterocycles. The maximum absolute atomic E-state index is 11.3. The number of nitrogens with zero attached hydrogens (tertiary/aromatic N) is 1. The lowest BCUT2D eigenvalue weighted by Gasteiger charge is -2.23. The molecule has 1 aliphatic rings. The highest BCUT2D eigenvalue weighted by Crippen LogP contribution is 2.26. The van der Waals surface area contributed by atoms with Crippen LogP contribution in [0.4, 0.5) is 0 Å². The van der Waals surface area contributed by atoms with E-state index in [1.807, 2.05) is 24.0 Å². The van der Waals surface area contributed by atoms with Gasteiger partial charge in [-0.3, -0.25) is 14.5 Å². The molecule has 0 radical (unpaired) electrons. The van der Waals surface area contributed by atoms with Crippen LogP contribution >= 0.6 is 0 Å². The molecule has 1 aromatic carbocycles. The van der Waals surface area contributed by atoms with Gasteiger partial charge in [-0.2, -0.15) is 0 Å². The number of hydrogen-bond donors (Lipinski definition) is 2. The van der Waals surface area contributed by atoms with Crippen molar-refractivity contribution in [3.8, 4) is 5.75 Å². The number of aliphatic carboxylic acids is 1. The van der Waals surface area contributed by atoms with Gasteiger partial charge in [0.05, 0.1) is 0 Å². The molecule has 1 saturated heterocycles. The predicted molar refractivity (Wildman–Crippen MR) is 76.7 cm³/mol. The lowest BCUT2D eigenvalue weighted by Crippen LogP contribution is -2.38. The van der Waals surface area contributed by atoms with Crippen LogP contribution < -0.4 is 10.5 Å². The Kier molecular flexibility index (Phi) is 4.80. The maximum Gasteiger partial charge on any atom is 0.321 e. The fraction of sp³-hybridized carbons (Fsp3) is 0.467. The molecule has 6 heteroatoms. The van der Waals surface area contributed by atoms with Crippen LogP contribution in [-0.4, -0.2) is 41.1 Å². The summed E-state index contributed by atoms with van der Waals surface area (Å²) >= 11 is 0. The largest absolute Gasteiger partial charge is 0.484 e. The van der Waals surface area contributed by atoms with Gasteiger partial charge in [0.2, 0.25) is 0 Å². The molecule has 114 valence electrons. The minimum atomic E-state index is -0.763. The zero-order valence-corrected chi connectivity index (χ0v) is 12.0. The van der Waals surface area contributed by atoms with Gasteiger partial charge in [-0.15, -0.1) is 0 Å². The third kappa shape index (κ3) is 3.95. The number of carbonyl (C=O) groups excluding carboxylic acids is 1. The van der Waals surface area contributed by atoms with Gasteiger partial charge in [0.25, 0.3) is 5.91 Å². The SMILES string of the molecule is CC1CCN(Cc2ccc(OCC(N)=O)cc2)C1C(=O)O. The average molecular weight is 292 g/mol. The van der Waals surface area contributed by atoms with Crippen molar-refractivity contribution >= 4 is 11.9 Å². The number of rotatable bonds is 6. The van der Waals surface area contributed by atoms with Crippen LogP contribution in [0.2, 0.25) is 0 Å². The lowest BCUT2D eigenvalue weighted by atomic mass is 10.0. The summed E-state index contributed by atoms with van der Waals surface area (Å²) in [5.74, 6) is -0.543. The van der Waals surface area contributed by atoms with Crippen LogP contribution in [0, 0.1) is 5.92 Å². The van der Waals surface area contributed by atoms with E-state index >= 15 is 0 Å². The highest BCUT2D eigenvalue weighted by molar-refractivity contribution is 5.75. The van der Waals surface area contributed by atoms with Crippen molar-refractivity contribution < 1.29 is 19.4 Å². The van der Waals surface area contributed by atoms with Crippen LogP contribution in [0.5, 0.6) is 5.75 Å². The van der Waals surface area contributed by atoms with Gasteiger partial charge in [0.1, 0.15) is 11.8 Å². The highest BCUT2D eigenvalue weighted by atomic mass is 16.5. The molecule has 1 fully saturated rings. The second-order valence-electron chi connectivity index (χ2n) is 5.42. The first-order valence-corrected chi connectivity index (χ1v) is 6.94. The molecule has 2 unspecified atom stereocenters. The molecule has 2 atom stereocenters. The van der Waals surface area contributed by atoms with E-state index in [1.165, 1.54) is 0 Å². The monoisotopic (exact) mass is 292 g/mol.